The van der Waals surface area contributed by atoms with E-state index >= 15 is 0 Å². The predicted molar refractivity (Wildman–Crippen MR) is 85.6 cm³/mol. The van der Waals surface area contributed by atoms with Crippen molar-refractivity contribution in [2.75, 3.05) is 11.9 Å². The van der Waals surface area contributed by atoms with Gasteiger partial charge in [0.1, 0.15) is 6.26 Å². The smallest absolute Gasteiger partial charge is 0.226 e. The average Bonchev–Trinajstić information content (AvgIpc) is 2.85. The Labute approximate surface area is 130 Å². The highest BCUT2D eigenvalue weighted by Crippen LogP contribution is 2.26. The zero-order chi connectivity index (χ0) is 14.5. The monoisotopic (exact) mass is 309 g/mol. The largest absolute Gasteiger partial charge is 0.444 e. The topological polar surface area (TPSA) is 81.2 Å². The van der Waals surface area contributed by atoms with Gasteiger partial charge >= 0.3 is 0 Å². The van der Waals surface area contributed by atoms with Crippen LogP contribution in [0.4, 0.5) is 5.69 Å². The number of carbonyl (C=O) groups excluding carboxylic acids is 1. The van der Waals surface area contributed by atoms with Gasteiger partial charge in [0.15, 0.2) is 0 Å². The van der Waals surface area contributed by atoms with Crippen molar-refractivity contribution >= 4 is 24.0 Å². The van der Waals surface area contributed by atoms with Gasteiger partial charge in [-0.25, -0.2) is 4.98 Å². The molecule has 0 fully saturated rings. The molecule has 21 heavy (non-hydrogen) atoms. The molecule has 0 aliphatic heterocycles. The zero-order valence-electron chi connectivity index (χ0n) is 12.2. The van der Waals surface area contributed by atoms with E-state index in [2.05, 4.69) is 10.3 Å². The number of oxazole rings is 1. The van der Waals surface area contributed by atoms with Crippen LogP contribution in [0.5, 0.6) is 0 Å². The highest BCUT2D eigenvalue weighted by molar-refractivity contribution is 5.91. The molecule has 0 saturated heterocycles. The van der Waals surface area contributed by atoms with E-state index in [0.29, 0.717) is 25.3 Å². The van der Waals surface area contributed by atoms with Crippen molar-refractivity contribution in [1.29, 1.82) is 0 Å². The van der Waals surface area contributed by atoms with Crippen LogP contribution in [0.25, 0.3) is 11.5 Å². The number of hydrogen-bond donors (Lipinski definition) is 2. The molecule has 1 heterocycles. The summed E-state index contributed by atoms with van der Waals surface area (Å²) in [5.74, 6) is 0.534. The summed E-state index contributed by atoms with van der Waals surface area (Å²) in [6, 6.07) is 5.68. The van der Waals surface area contributed by atoms with Crippen molar-refractivity contribution in [2.24, 2.45) is 5.73 Å². The first-order valence-corrected chi connectivity index (χ1v) is 6.63. The van der Waals surface area contributed by atoms with Gasteiger partial charge in [-0.3, -0.25) is 4.79 Å². The maximum absolute atomic E-state index is 11.7. The Morgan fingerprint density at radius 3 is 2.76 bits per heavy atom. The molecule has 0 atom stereocenters. The first-order chi connectivity index (χ1) is 9.60. The van der Waals surface area contributed by atoms with Gasteiger partial charge in [-0.15, -0.1) is 12.4 Å². The van der Waals surface area contributed by atoms with Gasteiger partial charge in [0.2, 0.25) is 11.8 Å². The standard InChI is InChI=1S/C15H19N3O2.ClH/c1-10-5-6-12(18-14(19)4-3-7-16)8-13(10)15-17-11(2)9-20-15;/h5-6,8-9H,3-4,7,16H2,1-2H3,(H,18,19);1H. The number of anilines is 1. The van der Waals surface area contributed by atoms with Gasteiger partial charge in [-0.1, -0.05) is 6.07 Å². The third-order valence-corrected chi connectivity index (χ3v) is 2.98. The lowest BCUT2D eigenvalue weighted by Gasteiger charge is -2.08. The van der Waals surface area contributed by atoms with E-state index in [9.17, 15) is 4.79 Å². The summed E-state index contributed by atoms with van der Waals surface area (Å²) in [4.78, 5) is 16.0. The Kier molecular flexibility index (Phi) is 6.39. The first kappa shape index (κ1) is 17.2. The van der Waals surface area contributed by atoms with Gasteiger partial charge in [0.05, 0.1) is 5.69 Å². The third-order valence-electron chi connectivity index (χ3n) is 2.98. The summed E-state index contributed by atoms with van der Waals surface area (Å²) < 4.78 is 5.42. The fraction of sp³-hybridized carbons (Fsp3) is 0.333. The Morgan fingerprint density at radius 1 is 1.38 bits per heavy atom. The fourth-order valence-corrected chi connectivity index (χ4v) is 1.89. The van der Waals surface area contributed by atoms with Crippen molar-refractivity contribution in [3.05, 3.63) is 35.7 Å². The summed E-state index contributed by atoms with van der Waals surface area (Å²) in [6.45, 7) is 4.37. The van der Waals surface area contributed by atoms with Crippen LogP contribution in [0.15, 0.2) is 28.9 Å². The van der Waals surface area contributed by atoms with Crippen LogP contribution < -0.4 is 11.1 Å². The lowest BCUT2D eigenvalue weighted by molar-refractivity contribution is -0.116. The summed E-state index contributed by atoms with van der Waals surface area (Å²) >= 11 is 0. The molecule has 0 aliphatic rings. The fourth-order valence-electron chi connectivity index (χ4n) is 1.89. The minimum absolute atomic E-state index is 0. The Bertz CT molecular complexity index is 611. The van der Waals surface area contributed by atoms with Crippen LogP contribution in [0.1, 0.15) is 24.1 Å². The number of amides is 1. The minimum Gasteiger partial charge on any atom is -0.444 e. The van der Waals surface area contributed by atoms with Crippen molar-refractivity contribution in [2.45, 2.75) is 26.7 Å². The number of nitrogens with zero attached hydrogens (tertiary/aromatic N) is 1. The number of hydrogen-bond acceptors (Lipinski definition) is 4. The molecule has 2 rings (SSSR count). The molecule has 0 aliphatic carbocycles. The lowest BCUT2D eigenvalue weighted by atomic mass is 10.1. The number of benzene rings is 1. The summed E-state index contributed by atoms with van der Waals surface area (Å²) in [5, 5.41) is 2.86. The first-order valence-electron chi connectivity index (χ1n) is 6.63. The molecular weight excluding hydrogens is 290 g/mol. The molecule has 0 saturated carbocycles. The second-order valence-corrected chi connectivity index (χ2v) is 4.76. The van der Waals surface area contributed by atoms with Gasteiger partial charge < -0.3 is 15.5 Å². The van der Waals surface area contributed by atoms with Gasteiger partial charge in [0.25, 0.3) is 0 Å². The van der Waals surface area contributed by atoms with E-state index in [1.54, 1.807) is 6.26 Å². The van der Waals surface area contributed by atoms with Crippen molar-refractivity contribution < 1.29 is 9.21 Å². The van der Waals surface area contributed by atoms with Crippen molar-refractivity contribution in [3.63, 3.8) is 0 Å². The Hall–Kier alpha value is -1.85. The quantitative estimate of drug-likeness (QED) is 0.889. The zero-order valence-corrected chi connectivity index (χ0v) is 13.0. The number of nitrogens with two attached hydrogens (primary N) is 1. The van der Waals surface area contributed by atoms with Gasteiger partial charge in [-0.2, -0.15) is 0 Å². The molecule has 2 aromatic rings. The van der Waals surface area contributed by atoms with Crippen LogP contribution in [0, 0.1) is 13.8 Å². The SMILES string of the molecule is Cc1coc(-c2cc(NC(=O)CCCN)ccc2C)n1.Cl. The van der Waals surface area contributed by atoms with E-state index in [1.165, 1.54) is 0 Å². The maximum atomic E-state index is 11.7. The highest BCUT2D eigenvalue weighted by Gasteiger charge is 2.10. The van der Waals surface area contributed by atoms with Crippen LogP contribution in [0.3, 0.4) is 0 Å². The molecule has 3 N–H and O–H groups in total. The normalized spacial score (nSPS) is 10.0. The van der Waals surface area contributed by atoms with Crippen molar-refractivity contribution in [3.8, 4) is 11.5 Å². The number of rotatable bonds is 5. The Balaban J connectivity index is 0.00000220. The molecule has 0 spiro atoms. The Morgan fingerprint density at radius 2 is 2.14 bits per heavy atom. The number of carbonyl (C=O) groups is 1. The molecule has 0 radical (unpaired) electrons. The number of halogens is 1. The number of aromatic nitrogens is 1. The second kappa shape index (κ2) is 7.81. The molecule has 1 amide bonds. The summed E-state index contributed by atoms with van der Waals surface area (Å²) in [7, 11) is 0. The van der Waals surface area contributed by atoms with Crippen LogP contribution in [0.2, 0.25) is 0 Å². The number of aryl methyl sites for hydroxylation is 2. The summed E-state index contributed by atoms with van der Waals surface area (Å²) in [6.07, 6.45) is 2.72. The molecule has 0 unspecified atom stereocenters. The second-order valence-electron chi connectivity index (χ2n) is 4.76. The van der Waals surface area contributed by atoms with Gasteiger partial charge in [0, 0.05) is 17.7 Å². The maximum Gasteiger partial charge on any atom is 0.226 e. The van der Waals surface area contributed by atoms with Crippen LogP contribution in [-0.4, -0.2) is 17.4 Å². The molecule has 1 aromatic heterocycles. The summed E-state index contributed by atoms with van der Waals surface area (Å²) in [5.41, 5.74) is 8.89. The average molecular weight is 310 g/mol. The van der Waals surface area contributed by atoms with Crippen LogP contribution in [-0.2, 0) is 4.79 Å². The van der Waals surface area contributed by atoms with E-state index in [-0.39, 0.29) is 18.3 Å². The highest BCUT2D eigenvalue weighted by atomic mass is 35.5. The van der Waals surface area contributed by atoms with Gasteiger partial charge in [-0.05, 0) is 44.5 Å². The van der Waals surface area contributed by atoms with E-state index < -0.39 is 0 Å². The molecule has 6 heteroatoms. The predicted octanol–water partition coefficient (Wildman–Crippen LogP) is 3.06. The van der Waals surface area contributed by atoms with Crippen molar-refractivity contribution in [1.82, 2.24) is 4.98 Å². The van der Waals surface area contributed by atoms with E-state index in [0.717, 1.165) is 22.5 Å². The third kappa shape index (κ3) is 4.58. The molecule has 1 aromatic carbocycles. The number of nitrogens with one attached hydrogen (secondary N) is 1. The molecular formula is C15H20ClN3O2. The lowest BCUT2D eigenvalue weighted by Crippen LogP contribution is -2.13. The van der Waals surface area contributed by atoms with Crippen LogP contribution >= 0.6 is 12.4 Å². The minimum atomic E-state index is -0.0335. The molecule has 5 nitrogen and oxygen atoms in total. The van der Waals surface area contributed by atoms with E-state index in [4.69, 9.17) is 10.2 Å². The van der Waals surface area contributed by atoms with E-state index in [1.807, 2.05) is 32.0 Å². The molecule has 114 valence electrons. The molecule has 0 bridgehead atoms.